The second kappa shape index (κ2) is 8.55. The molecule has 8 heteroatoms. The zero-order chi connectivity index (χ0) is 18.4. The quantitative estimate of drug-likeness (QED) is 0.623. The summed E-state index contributed by atoms with van der Waals surface area (Å²) in [7, 11) is 1.95. The van der Waals surface area contributed by atoms with Crippen molar-refractivity contribution in [3.8, 4) is 11.5 Å². The van der Waals surface area contributed by atoms with Crippen LogP contribution in [0.25, 0.3) is 0 Å². The summed E-state index contributed by atoms with van der Waals surface area (Å²) in [6, 6.07) is 5.93. The van der Waals surface area contributed by atoms with Crippen molar-refractivity contribution in [3.05, 3.63) is 35.4 Å². The number of fused-ring (bicyclic) bond motifs is 1. The minimum Gasteiger partial charge on any atom is -0.490 e. The van der Waals surface area contributed by atoms with Gasteiger partial charge in [0.15, 0.2) is 23.3 Å². The second-order valence-corrected chi connectivity index (χ2v) is 6.07. The number of nitrogens with one attached hydrogen (secondary N) is 2. The molecule has 2 N–H and O–H groups in total. The molecule has 0 aliphatic carbocycles. The highest BCUT2D eigenvalue weighted by molar-refractivity contribution is 5.79. The molecule has 140 valence electrons. The summed E-state index contributed by atoms with van der Waals surface area (Å²) in [6.45, 7) is 7.14. The summed E-state index contributed by atoms with van der Waals surface area (Å²) < 4.78 is 13.6. The minimum atomic E-state index is 0.500. The maximum Gasteiger partial charge on any atom is 0.191 e. The van der Waals surface area contributed by atoms with E-state index < -0.39 is 0 Å². The van der Waals surface area contributed by atoms with E-state index in [9.17, 15) is 0 Å². The molecule has 1 aliphatic heterocycles. The molecule has 0 bridgehead atoms. The molecule has 3 rings (SSSR count). The topological polar surface area (TPSA) is 85.6 Å². The molecule has 0 unspecified atom stereocenters. The van der Waals surface area contributed by atoms with Gasteiger partial charge in [-0.3, -0.25) is 0 Å². The average molecular weight is 358 g/mol. The fourth-order valence-electron chi connectivity index (χ4n) is 2.65. The summed E-state index contributed by atoms with van der Waals surface area (Å²) in [6.07, 6.45) is 0.888. The Morgan fingerprint density at radius 3 is 2.85 bits per heavy atom. The van der Waals surface area contributed by atoms with Gasteiger partial charge in [0.05, 0.1) is 26.3 Å². The normalized spacial score (nSPS) is 14.0. The van der Waals surface area contributed by atoms with E-state index in [0.29, 0.717) is 26.3 Å². The predicted molar refractivity (Wildman–Crippen MR) is 99.4 cm³/mol. The summed E-state index contributed by atoms with van der Waals surface area (Å²) >= 11 is 0. The highest BCUT2D eigenvalue weighted by atomic mass is 16.5. The van der Waals surface area contributed by atoms with Crippen LogP contribution in [0.1, 0.15) is 30.6 Å². The second-order valence-electron chi connectivity index (χ2n) is 6.07. The van der Waals surface area contributed by atoms with Crippen LogP contribution in [0, 0.1) is 6.92 Å². The van der Waals surface area contributed by atoms with E-state index in [1.807, 2.05) is 43.7 Å². The van der Waals surface area contributed by atoms with Gasteiger partial charge in [-0.1, -0.05) is 12.1 Å². The van der Waals surface area contributed by atoms with E-state index in [-0.39, 0.29) is 0 Å². The Labute approximate surface area is 153 Å². The molecular weight excluding hydrogens is 332 g/mol. The minimum absolute atomic E-state index is 0.500. The number of rotatable bonds is 5. The number of aromatic nitrogens is 3. The third-order valence-corrected chi connectivity index (χ3v) is 4.20. The van der Waals surface area contributed by atoms with Gasteiger partial charge in [-0.25, -0.2) is 4.99 Å². The van der Waals surface area contributed by atoms with Gasteiger partial charge < -0.3 is 24.7 Å². The lowest BCUT2D eigenvalue weighted by Crippen LogP contribution is -2.37. The van der Waals surface area contributed by atoms with Crippen molar-refractivity contribution < 1.29 is 9.47 Å². The zero-order valence-electron chi connectivity index (χ0n) is 15.6. The first-order valence-corrected chi connectivity index (χ1v) is 8.93. The molecule has 1 aliphatic rings. The number of nitrogens with zero attached hydrogens (tertiary/aromatic N) is 4. The Balaban J connectivity index is 1.70. The third kappa shape index (κ3) is 4.25. The number of ether oxygens (including phenoxy) is 2. The number of hydrogen-bond donors (Lipinski definition) is 2. The fraction of sp³-hybridized carbons (Fsp3) is 0.500. The molecular formula is C18H26N6O2. The van der Waals surface area contributed by atoms with Crippen LogP contribution in [0.3, 0.4) is 0 Å². The van der Waals surface area contributed by atoms with Crippen LogP contribution in [0.15, 0.2) is 23.2 Å². The van der Waals surface area contributed by atoms with Gasteiger partial charge in [-0.05, 0) is 19.9 Å². The Hall–Kier alpha value is -2.77. The molecule has 2 aromatic rings. The number of aliphatic imine (C=N–C) groups is 1. The van der Waals surface area contributed by atoms with Crippen molar-refractivity contribution in [2.24, 2.45) is 12.0 Å². The highest BCUT2D eigenvalue weighted by Gasteiger charge is 2.14. The van der Waals surface area contributed by atoms with Crippen LogP contribution >= 0.6 is 0 Å². The molecule has 0 atom stereocenters. The Kier molecular flexibility index (Phi) is 5.93. The number of guanidine groups is 1. The highest BCUT2D eigenvalue weighted by Crippen LogP contribution is 2.33. The number of hydrogen-bond acceptors (Lipinski definition) is 5. The van der Waals surface area contributed by atoms with E-state index in [0.717, 1.165) is 47.6 Å². The van der Waals surface area contributed by atoms with E-state index in [1.165, 1.54) is 0 Å². The largest absolute Gasteiger partial charge is 0.490 e. The van der Waals surface area contributed by atoms with Crippen molar-refractivity contribution in [1.82, 2.24) is 25.4 Å². The molecule has 8 nitrogen and oxygen atoms in total. The molecule has 0 radical (unpaired) electrons. The number of benzene rings is 1. The zero-order valence-corrected chi connectivity index (χ0v) is 15.6. The van der Waals surface area contributed by atoms with Gasteiger partial charge in [0.1, 0.15) is 5.82 Å². The third-order valence-electron chi connectivity index (χ3n) is 4.20. The molecule has 1 aromatic heterocycles. The predicted octanol–water partition coefficient (Wildman–Crippen LogP) is 1.54. The van der Waals surface area contributed by atoms with Gasteiger partial charge in [0.2, 0.25) is 0 Å². The average Bonchev–Trinajstić information content (AvgIpc) is 2.85. The van der Waals surface area contributed by atoms with Gasteiger partial charge in [-0.15, -0.1) is 10.2 Å². The maximum atomic E-state index is 5.86. The van der Waals surface area contributed by atoms with Crippen molar-refractivity contribution in [3.63, 3.8) is 0 Å². The molecule has 1 aromatic carbocycles. The summed E-state index contributed by atoms with van der Waals surface area (Å²) in [5, 5.41) is 14.8. The van der Waals surface area contributed by atoms with Gasteiger partial charge in [0, 0.05) is 25.6 Å². The SMILES string of the molecule is CCNC(=NCc1cccc2c1OCCCO2)NCc1nnc(C)n1C. The number of para-hydroxylation sites is 1. The van der Waals surface area contributed by atoms with Crippen LogP contribution in [-0.2, 0) is 20.1 Å². The summed E-state index contributed by atoms with van der Waals surface area (Å²) in [5.41, 5.74) is 1.01. The lowest BCUT2D eigenvalue weighted by atomic mass is 10.2. The lowest BCUT2D eigenvalue weighted by Gasteiger charge is -2.13. The van der Waals surface area contributed by atoms with Crippen LogP contribution in [-0.4, -0.2) is 40.5 Å². The van der Waals surface area contributed by atoms with Crippen LogP contribution in [0.2, 0.25) is 0 Å². The van der Waals surface area contributed by atoms with Crippen molar-refractivity contribution in [2.45, 2.75) is 33.4 Å². The molecule has 0 amide bonds. The van der Waals surface area contributed by atoms with E-state index in [1.54, 1.807) is 0 Å². The molecule has 0 fully saturated rings. The van der Waals surface area contributed by atoms with Gasteiger partial charge >= 0.3 is 0 Å². The summed E-state index contributed by atoms with van der Waals surface area (Å²) in [5.74, 6) is 4.06. The Bertz CT molecular complexity index is 771. The van der Waals surface area contributed by atoms with Crippen molar-refractivity contribution >= 4 is 5.96 Å². The van der Waals surface area contributed by atoms with Crippen molar-refractivity contribution in [2.75, 3.05) is 19.8 Å². The Morgan fingerprint density at radius 1 is 1.23 bits per heavy atom. The van der Waals surface area contributed by atoms with Crippen molar-refractivity contribution in [1.29, 1.82) is 0 Å². The first-order chi connectivity index (χ1) is 12.7. The van der Waals surface area contributed by atoms with Crippen LogP contribution in [0.5, 0.6) is 11.5 Å². The standard InChI is InChI=1S/C18H26N6O2/c1-4-19-18(21-12-16-23-22-13(2)24(16)3)20-11-14-7-5-8-15-17(14)26-10-6-9-25-15/h5,7-8H,4,6,9-12H2,1-3H3,(H2,19,20,21). The molecule has 0 spiro atoms. The lowest BCUT2D eigenvalue weighted by molar-refractivity contribution is 0.296. The smallest absolute Gasteiger partial charge is 0.191 e. The van der Waals surface area contributed by atoms with E-state index in [2.05, 4.69) is 25.8 Å². The van der Waals surface area contributed by atoms with E-state index in [4.69, 9.17) is 9.47 Å². The molecule has 26 heavy (non-hydrogen) atoms. The van der Waals surface area contributed by atoms with Crippen LogP contribution < -0.4 is 20.1 Å². The number of aryl methyl sites for hydroxylation is 1. The Morgan fingerprint density at radius 2 is 2.08 bits per heavy atom. The molecule has 0 saturated carbocycles. The van der Waals surface area contributed by atoms with Crippen LogP contribution in [0.4, 0.5) is 0 Å². The molecule has 2 heterocycles. The first kappa shape index (κ1) is 18.0. The molecule has 0 saturated heterocycles. The fourth-order valence-corrected chi connectivity index (χ4v) is 2.65. The maximum absolute atomic E-state index is 5.86. The summed E-state index contributed by atoms with van der Waals surface area (Å²) in [4.78, 5) is 4.68. The van der Waals surface area contributed by atoms with E-state index >= 15 is 0 Å². The van der Waals surface area contributed by atoms with Gasteiger partial charge in [-0.2, -0.15) is 0 Å². The monoisotopic (exact) mass is 358 g/mol. The van der Waals surface area contributed by atoms with Gasteiger partial charge in [0.25, 0.3) is 0 Å². The first-order valence-electron chi connectivity index (χ1n) is 8.93.